The number of hydrogen-bond acceptors (Lipinski definition) is 2. The van der Waals surface area contributed by atoms with E-state index in [1.807, 2.05) is 12.1 Å². The van der Waals surface area contributed by atoms with E-state index < -0.39 is 0 Å². The topological polar surface area (TPSA) is 35.2 Å². The Bertz CT molecular complexity index is 359. The Morgan fingerprint density at radius 3 is 2.60 bits per heavy atom. The Hall–Kier alpha value is -0.540. The average Bonchev–Trinajstić information content (AvgIpc) is 2.67. The van der Waals surface area contributed by atoms with Crippen molar-refractivity contribution in [2.75, 3.05) is 7.11 Å². The number of halogens is 1. The maximum atomic E-state index is 6.42. The Labute approximate surface area is 98.9 Å². The molecule has 15 heavy (non-hydrogen) atoms. The van der Waals surface area contributed by atoms with Crippen LogP contribution in [0.2, 0.25) is 0 Å². The predicted octanol–water partition coefficient (Wildman–Crippen LogP) is 3.19. The van der Waals surface area contributed by atoms with Crippen molar-refractivity contribution in [3.8, 4) is 5.75 Å². The van der Waals surface area contributed by atoms with E-state index in [1.54, 1.807) is 7.11 Å². The molecule has 0 atom stereocenters. The molecule has 0 spiro atoms. The number of ether oxygens (including phenoxy) is 1. The smallest absolute Gasteiger partial charge is 0.119 e. The Morgan fingerprint density at radius 1 is 1.33 bits per heavy atom. The van der Waals surface area contributed by atoms with Crippen molar-refractivity contribution in [2.24, 2.45) is 5.73 Å². The van der Waals surface area contributed by atoms with Crippen LogP contribution in [0.25, 0.3) is 0 Å². The third-order valence-electron chi connectivity index (χ3n) is 3.21. The second-order valence-electron chi connectivity index (χ2n) is 4.21. The fourth-order valence-corrected chi connectivity index (χ4v) is 2.93. The van der Waals surface area contributed by atoms with Crippen molar-refractivity contribution in [3.63, 3.8) is 0 Å². The van der Waals surface area contributed by atoms with Crippen LogP contribution in [-0.2, 0) is 5.54 Å². The molecule has 1 saturated carbocycles. The fraction of sp³-hybridized carbons (Fsp3) is 0.500. The van der Waals surface area contributed by atoms with Gasteiger partial charge in [-0.25, -0.2) is 0 Å². The summed E-state index contributed by atoms with van der Waals surface area (Å²) >= 11 is 3.57. The van der Waals surface area contributed by atoms with Crippen LogP contribution in [0.1, 0.15) is 31.2 Å². The van der Waals surface area contributed by atoms with Gasteiger partial charge in [0, 0.05) is 10.0 Å². The third-order valence-corrected chi connectivity index (χ3v) is 3.90. The Kier molecular flexibility index (Phi) is 3.03. The van der Waals surface area contributed by atoms with Crippen LogP contribution in [0.5, 0.6) is 5.75 Å². The molecule has 0 saturated heterocycles. The number of methoxy groups -OCH3 is 1. The minimum absolute atomic E-state index is 0.159. The van der Waals surface area contributed by atoms with Gasteiger partial charge < -0.3 is 10.5 Å². The Balaban J connectivity index is 2.41. The lowest BCUT2D eigenvalue weighted by Gasteiger charge is -2.25. The highest BCUT2D eigenvalue weighted by atomic mass is 79.9. The van der Waals surface area contributed by atoms with Gasteiger partial charge in [-0.1, -0.05) is 28.8 Å². The van der Waals surface area contributed by atoms with Gasteiger partial charge in [0.05, 0.1) is 7.11 Å². The Morgan fingerprint density at radius 2 is 2.00 bits per heavy atom. The van der Waals surface area contributed by atoms with Gasteiger partial charge >= 0.3 is 0 Å². The van der Waals surface area contributed by atoms with Crippen molar-refractivity contribution in [2.45, 2.75) is 31.2 Å². The van der Waals surface area contributed by atoms with Crippen molar-refractivity contribution in [1.82, 2.24) is 0 Å². The summed E-state index contributed by atoms with van der Waals surface area (Å²) < 4.78 is 6.33. The number of nitrogens with two attached hydrogens (primary N) is 1. The van der Waals surface area contributed by atoms with Gasteiger partial charge in [0.15, 0.2) is 0 Å². The van der Waals surface area contributed by atoms with Crippen molar-refractivity contribution in [1.29, 1.82) is 0 Å². The summed E-state index contributed by atoms with van der Waals surface area (Å²) in [5, 5.41) is 0. The number of rotatable bonds is 2. The molecule has 1 fully saturated rings. The van der Waals surface area contributed by atoms with Crippen molar-refractivity contribution in [3.05, 3.63) is 28.2 Å². The minimum atomic E-state index is -0.159. The largest absolute Gasteiger partial charge is 0.497 e. The first kappa shape index (κ1) is 11.0. The van der Waals surface area contributed by atoms with Crippen LogP contribution in [0.4, 0.5) is 0 Å². The van der Waals surface area contributed by atoms with Gasteiger partial charge in [0.1, 0.15) is 5.75 Å². The quantitative estimate of drug-likeness (QED) is 0.895. The second-order valence-corrected chi connectivity index (χ2v) is 5.06. The summed E-state index contributed by atoms with van der Waals surface area (Å²) in [6, 6.07) is 6.02. The zero-order valence-corrected chi connectivity index (χ0v) is 10.5. The first-order valence-corrected chi connectivity index (χ1v) is 6.08. The molecule has 0 radical (unpaired) electrons. The molecule has 1 aliphatic carbocycles. The van der Waals surface area contributed by atoms with Gasteiger partial charge in [-0.05, 0) is 36.6 Å². The molecule has 0 bridgehead atoms. The molecule has 0 unspecified atom stereocenters. The maximum Gasteiger partial charge on any atom is 0.119 e. The molecule has 0 heterocycles. The third kappa shape index (κ3) is 2.04. The van der Waals surface area contributed by atoms with Gasteiger partial charge in [-0.3, -0.25) is 0 Å². The maximum absolute atomic E-state index is 6.42. The number of hydrogen-bond donors (Lipinski definition) is 1. The molecule has 2 N–H and O–H groups in total. The SMILES string of the molecule is COc1ccc(Br)c(C2(N)CCCC2)c1. The first-order chi connectivity index (χ1) is 7.15. The standard InChI is InChI=1S/C12H16BrNO/c1-15-9-4-5-11(13)10(8-9)12(14)6-2-3-7-12/h4-5,8H,2-3,6-7,14H2,1H3. The van der Waals surface area contributed by atoms with Crippen LogP contribution in [-0.4, -0.2) is 7.11 Å². The van der Waals surface area contributed by atoms with E-state index in [-0.39, 0.29) is 5.54 Å². The fourth-order valence-electron chi connectivity index (χ4n) is 2.29. The summed E-state index contributed by atoms with van der Waals surface area (Å²) in [5.74, 6) is 0.880. The van der Waals surface area contributed by atoms with Crippen LogP contribution in [0.3, 0.4) is 0 Å². The second kappa shape index (κ2) is 4.14. The van der Waals surface area contributed by atoms with E-state index in [1.165, 1.54) is 18.4 Å². The van der Waals surface area contributed by atoms with E-state index in [4.69, 9.17) is 10.5 Å². The lowest BCUT2D eigenvalue weighted by atomic mass is 9.89. The van der Waals surface area contributed by atoms with Gasteiger partial charge in [0.2, 0.25) is 0 Å². The molecule has 1 aromatic carbocycles. The normalized spacial score (nSPS) is 19.1. The molecule has 0 aromatic heterocycles. The first-order valence-electron chi connectivity index (χ1n) is 5.29. The van der Waals surface area contributed by atoms with E-state index in [0.717, 1.165) is 23.1 Å². The minimum Gasteiger partial charge on any atom is -0.497 e. The zero-order valence-electron chi connectivity index (χ0n) is 8.92. The summed E-state index contributed by atoms with van der Waals surface area (Å²) in [6.45, 7) is 0. The van der Waals surface area contributed by atoms with Crippen LogP contribution in [0, 0.1) is 0 Å². The lowest BCUT2D eigenvalue weighted by molar-refractivity contribution is 0.408. The molecule has 1 aliphatic rings. The zero-order chi connectivity index (χ0) is 10.9. The summed E-state index contributed by atoms with van der Waals surface area (Å²) in [7, 11) is 1.69. The van der Waals surface area contributed by atoms with E-state index in [9.17, 15) is 0 Å². The molecule has 0 aliphatic heterocycles. The highest BCUT2D eigenvalue weighted by molar-refractivity contribution is 9.10. The molecule has 2 nitrogen and oxygen atoms in total. The van der Waals surface area contributed by atoms with E-state index >= 15 is 0 Å². The molecular weight excluding hydrogens is 254 g/mol. The summed E-state index contributed by atoms with van der Waals surface area (Å²) in [5.41, 5.74) is 7.44. The van der Waals surface area contributed by atoms with Gasteiger partial charge in [-0.15, -0.1) is 0 Å². The van der Waals surface area contributed by atoms with Crippen LogP contribution >= 0.6 is 15.9 Å². The number of benzene rings is 1. The molecule has 1 aromatic rings. The average molecular weight is 270 g/mol. The highest BCUT2D eigenvalue weighted by Gasteiger charge is 2.33. The highest BCUT2D eigenvalue weighted by Crippen LogP contribution is 2.40. The van der Waals surface area contributed by atoms with Gasteiger partial charge in [0.25, 0.3) is 0 Å². The summed E-state index contributed by atoms with van der Waals surface area (Å²) in [6.07, 6.45) is 4.58. The summed E-state index contributed by atoms with van der Waals surface area (Å²) in [4.78, 5) is 0. The van der Waals surface area contributed by atoms with Crippen molar-refractivity contribution >= 4 is 15.9 Å². The molecule has 82 valence electrons. The van der Waals surface area contributed by atoms with E-state index in [2.05, 4.69) is 22.0 Å². The molecule has 2 rings (SSSR count). The van der Waals surface area contributed by atoms with Crippen LogP contribution < -0.4 is 10.5 Å². The molecular formula is C12H16BrNO. The monoisotopic (exact) mass is 269 g/mol. The van der Waals surface area contributed by atoms with Gasteiger partial charge in [-0.2, -0.15) is 0 Å². The molecule has 0 amide bonds. The van der Waals surface area contributed by atoms with E-state index in [0.29, 0.717) is 0 Å². The molecule has 3 heteroatoms. The van der Waals surface area contributed by atoms with Crippen LogP contribution in [0.15, 0.2) is 22.7 Å². The lowest BCUT2D eigenvalue weighted by Crippen LogP contribution is -2.33. The predicted molar refractivity (Wildman–Crippen MR) is 65.0 cm³/mol. The van der Waals surface area contributed by atoms with Crippen molar-refractivity contribution < 1.29 is 4.74 Å².